The van der Waals surface area contributed by atoms with E-state index in [1.165, 1.54) is 49.0 Å². The lowest BCUT2D eigenvalue weighted by atomic mass is 9.94. The highest BCUT2D eigenvalue weighted by atomic mass is 32.1. The number of ether oxygens (including phenoxy) is 2. The van der Waals surface area contributed by atoms with Crippen LogP contribution in [0.1, 0.15) is 54.0 Å². The Bertz CT molecular complexity index is 1060. The second-order valence-corrected chi connectivity index (χ2v) is 9.01. The van der Waals surface area contributed by atoms with E-state index < -0.39 is 17.8 Å². The zero-order valence-corrected chi connectivity index (χ0v) is 19.5. The number of carbonyl (C=O) groups is 2. The maximum absolute atomic E-state index is 14.6. The van der Waals surface area contributed by atoms with Crippen LogP contribution in [0.25, 0.3) is 0 Å². The summed E-state index contributed by atoms with van der Waals surface area (Å²) in [6.45, 7) is 0.570. The minimum absolute atomic E-state index is 0.0840. The highest BCUT2D eigenvalue weighted by molar-refractivity contribution is 7.10. The molecule has 4 rings (SSSR count). The molecular weight excluding hydrogens is 445 g/mol. The second kappa shape index (κ2) is 9.79. The van der Waals surface area contributed by atoms with Gasteiger partial charge in [0.05, 0.1) is 19.9 Å². The highest BCUT2D eigenvalue weighted by Gasteiger charge is 2.43. The van der Waals surface area contributed by atoms with Crippen LogP contribution in [0, 0.1) is 18.2 Å². The lowest BCUT2D eigenvalue weighted by Gasteiger charge is -2.33. The van der Waals surface area contributed by atoms with Crippen molar-refractivity contribution < 1.29 is 23.5 Å². The van der Waals surface area contributed by atoms with E-state index in [0.717, 1.165) is 25.7 Å². The maximum atomic E-state index is 14.6. The first-order chi connectivity index (χ1) is 16.0. The number of hydrogen-bond donors (Lipinski definition) is 0. The summed E-state index contributed by atoms with van der Waals surface area (Å²) in [5.74, 6) is 0.992. The van der Waals surface area contributed by atoms with Crippen LogP contribution in [0.5, 0.6) is 11.5 Å². The first-order valence-electron chi connectivity index (χ1n) is 11.0. The normalized spacial score (nSPS) is 18.8. The molecule has 2 heterocycles. The standard InChI is InChI=1S/C24H26FN3O4S/c1-4-21-26-17(14-33-21)23(29)28(16-12-19(31-2)22(25)20(13-16)32-3)18-10-11-27(24(18)30)15-8-6-5-7-9-15/h1,12-15,18H,5-11H2,2-3H3. The molecular formula is C24H26FN3O4S. The fourth-order valence-electron chi connectivity index (χ4n) is 4.68. The number of carbonyl (C=O) groups excluding carboxylic acids is 2. The Kier molecular flexibility index (Phi) is 6.84. The van der Waals surface area contributed by atoms with Crippen LogP contribution in [0.4, 0.5) is 10.1 Å². The molecule has 9 heteroatoms. The number of thiazole rings is 1. The molecule has 2 amide bonds. The molecule has 1 aliphatic heterocycles. The molecule has 7 nitrogen and oxygen atoms in total. The van der Waals surface area contributed by atoms with Gasteiger partial charge in [-0.2, -0.15) is 4.39 Å². The second-order valence-electron chi connectivity index (χ2n) is 8.15. The summed E-state index contributed by atoms with van der Waals surface area (Å²) < 4.78 is 24.9. The fraction of sp³-hybridized carbons (Fsp3) is 0.458. The van der Waals surface area contributed by atoms with Gasteiger partial charge in [0.15, 0.2) is 16.5 Å². The number of nitrogens with zero attached hydrogens (tertiary/aromatic N) is 3. The van der Waals surface area contributed by atoms with E-state index in [1.54, 1.807) is 5.38 Å². The molecule has 0 radical (unpaired) electrons. The number of methoxy groups -OCH3 is 2. The Balaban J connectivity index is 1.75. The molecule has 33 heavy (non-hydrogen) atoms. The first kappa shape index (κ1) is 23.1. The Hall–Kier alpha value is -3.12. The number of anilines is 1. The summed E-state index contributed by atoms with van der Waals surface area (Å²) in [5.41, 5.74) is 0.438. The van der Waals surface area contributed by atoms with Crippen LogP contribution >= 0.6 is 11.3 Å². The predicted molar refractivity (Wildman–Crippen MR) is 123 cm³/mol. The molecule has 1 aliphatic carbocycles. The van der Waals surface area contributed by atoms with Gasteiger partial charge in [0.25, 0.3) is 5.91 Å². The summed E-state index contributed by atoms with van der Waals surface area (Å²) in [6, 6.07) is 2.26. The van der Waals surface area contributed by atoms with E-state index in [0.29, 0.717) is 23.7 Å². The molecule has 174 valence electrons. The van der Waals surface area contributed by atoms with Crippen molar-refractivity contribution in [3.8, 4) is 23.8 Å². The Morgan fingerprint density at radius 1 is 1.21 bits per heavy atom. The van der Waals surface area contributed by atoms with Crippen LogP contribution < -0.4 is 14.4 Å². The van der Waals surface area contributed by atoms with E-state index in [-0.39, 0.29) is 29.1 Å². The zero-order chi connectivity index (χ0) is 23.5. The lowest BCUT2D eigenvalue weighted by molar-refractivity contribution is -0.131. The van der Waals surface area contributed by atoms with Crippen molar-refractivity contribution in [2.24, 2.45) is 0 Å². The van der Waals surface area contributed by atoms with Crippen LogP contribution in [-0.4, -0.2) is 54.5 Å². The smallest absolute Gasteiger partial charge is 0.278 e. The minimum Gasteiger partial charge on any atom is -0.493 e. The number of likely N-dealkylation sites (tertiary alicyclic amines) is 1. The van der Waals surface area contributed by atoms with Crippen LogP contribution in [-0.2, 0) is 4.79 Å². The summed E-state index contributed by atoms with van der Waals surface area (Å²) in [7, 11) is 2.66. The van der Waals surface area contributed by atoms with E-state index in [9.17, 15) is 14.0 Å². The third-order valence-corrected chi connectivity index (χ3v) is 7.09. The van der Waals surface area contributed by atoms with E-state index in [1.807, 2.05) is 4.90 Å². The number of aromatic nitrogens is 1. The monoisotopic (exact) mass is 471 g/mol. The van der Waals surface area contributed by atoms with Gasteiger partial charge in [0.2, 0.25) is 11.7 Å². The molecule has 0 bridgehead atoms. The van der Waals surface area contributed by atoms with Crippen molar-refractivity contribution in [3.63, 3.8) is 0 Å². The van der Waals surface area contributed by atoms with Crippen LogP contribution in [0.3, 0.4) is 0 Å². The third-order valence-electron chi connectivity index (χ3n) is 6.31. The van der Waals surface area contributed by atoms with Gasteiger partial charge < -0.3 is 14.4 Å². The highest BCUT2D eigenvalue weighted by Crippen LogP contribution is 2.37. The van der Waals surface area contributed by atoms with E-state index in [2.05, 4.69) is 10.9 Å². The van der Waals surface area contributed by atoms with Gasteiger partial charge in [0.1, 0.15) is 11.7 Å². The molecule has 0 N–H and O–H groups in total. The molecule has 1 saturated heterocycles. The average Bonchev–Trinajstić information content (AvgIpc) is 3.47. The van der Waals surface area contributed by atoms with Gasteiger partial charge in [-0.15, -0.1) is 17.8 Å². The SMILES string of the molecule is C#Cc1nc(C(=O)N(c2cc(OC)c(F)c(OC)c2)C2CCN(C3CCCCC3)C2=O)cs1. The van der Waals surface area contributed by atoms with Crippen molar-refractivity contribution in [2.75, 3.05) is 25.7 Å². The number of halogens is 1. The number of terminal acetylenes is 1. The molecule has 0 spiro atoms. The van der Waals surface area contributed by atoms with E-state index >= 15 is 0 Å². The molecule has 1 aromatic carbocycles. The van der Waals surface area contributed by atoms with Crippen molar-refractivity contribution in [2.45, 2.75) is 50.6 Å². The van der Waals surface area contributed by atoms with Crippen LogP contribution in [0.15, 0.2) is 17.5 Å². The summed E-state index contributed by atoms with van der Waals surface area (Å²) in [5, 5.41) is 1.94. The zero-order valence-electron chi connectivity index (χ0n) is 18.7. The van der Waals surface area contributed by atoms with Gasteiger partial charge in [0, 0.05) is 30.1 Å². The van der Waals surface area contributed by atoms with Gasteiger partial charge in [-0.3, -0.25) is 14.5 Å². The van der Waals surface area contributed by atoms with Crippen molar-refractivity contribution in [1.82, 2.24) is 9.88 Å². The summed E-state index contributed by atoms with van der Waals surface area (Å²) in [4.78, 5) is 34.7. The molecule has 1 saturated carbocycles. The average molecular weight is 472 g/mol. The summed E-state index contributed by atoms with van der Waals surface area (Å²) >= 11 is 1.18. The van der Waals surface area contributed by atoms with Crippen molar-refractivity contribution in [1.29, 1.82) is 0 Å². The number of amides is 2. The van der Waals surface area contributed by atoms with Crippen molar-refractivity contribution in [3.05, 3.63) is 34.0 Å². The van der Waals surface area contributed by atoms with Crippen molar-refractivity contribution >= 4 is 28.8 Å². The molecule has 2 fully saturated rings. The molecule has 2 aromatic rings. The molecule has 1 unspecified atom stereocenters. The summed E-state index contributed by atoms with van der Waals surface area (Å²) in [6.07, 6.45) is 11.2. The van der Waals surface area contributed by atoms with Gasteiger partial charge in [-0.05, 0) is 25.2 Å². The predicted octanol–water partition coefficient (Wildman–Crippen LogP) is 3.86. The van der Waals surface area contributed by atoms with Gasteiger partial charge in [-0.25, -0.2) is 4.98 Å². The Morgan fingerprint density at radius 2 is 1.88 bits per heavy atom. The van der Waals surface area contributed by atoms with Gasteiger partial charge in [-0.1, -0.05) is 19.3 Å². The number of hydrogen-bond acceptors (Lipinski definition) is 6. The van der Waals surface area contributed by atoms with Crippen LogP contribution in [0.2, 0.25) is 0 Å². The number of rotatable bonds is 6. The lowest BCUT2D eigenvalue weighted by Crippen LogP contribution is -2.48. The van der Waals surface area contributed by atoms with E-state index in [4.69, 9.17) is 15.9 Å². The molecule has 1 aromatic heterocycles. The number of benzene rings is 1. The minimum atomic E-state index is -0.740. The third kappa shape index (κ3) is 4.40. The Labute approximate surface area is 196 Å². The maximum Gasteiger partial charge on any atom is 0.278 e. The first-order valence-corrected chi connectivity index (χ1v) is 11.8. The molecule has 1 atom stereocenters. The largest absolute Gasteiger partial charge is 0.493 e. The quantitative estimate of drug-likeness (QED) is 0.599. The van der Waals surface area contributed by atoms with Gasteiger partial charge >= 0.3 is 0 Å². The topological polar surface area (TPSA) is 72.0 Å². The Morgan fingerprint density at radius 3 is 2.45 bits per heavy atom. The fourth-order valence-corrected chi connectivity index (χ4v) is 5.27. The molecule has 2 aliphatic rings.